The highest BCUT2D eigenvalue weighted by Gasteiger charge is 2.39. The standard InChI is InChI=1S/C4H7F3N2O2/c5-4(6,7)2(1-8)9-3(10)11/h2,9H,1,8H2,(H,10,11). The Morgan fingerprint density at radius 3 is 2.18 bits per heavy atom. The number of hydrogen-bond acceptors (Lipinski definition) is 2. The Morgan fingerprint density at radius 1 is 1.64 bits per heavy atom. The van der Waals surface area contributed by atoms with E-state index in [1.807, 2.05) is 0 Å². The Morgan fingerprint density at radius 2 is 2.09 bits per heavy atom. The third-order valence-corrected chi connectivity index (χ3v) is 0.929. The zero-order valence-electron chi connectivity index (χ0n) is 5.35. The Labute approximate surface area is 60.2 Å². The minimum atomic E-state index is -4.62. The molecule has 1 atom stereocenters. The number of alkyl halides is 3. The molecule has 7 heteroatoms. The van der Waals surface area contributed by atoms with E-state index < -0.39 is 24.9 Å². The lowest BCUT2D eigenvalue weighted by Gasteiger charge is -2.17. The molecular formula is C4H7F3N2O2. The first-order valence-corrected chi connectivity index (χ1v) is 2.64. The second-order valence-electron chi connectivity index (χ2n) is 1.78. The normalized spacial score (nSPS) is 14.2. The topological polar surface area (TPSA) is 75.3 Å². The minimum absolute atomic E-state index is 0.796. The first-order chi connectivity index (χ1) is 4.88. The van der Waals surface area contributed by atoms with Crippen LogP contribution in [0.2, 0.25) is 0 Å². The fourth-order valence-corrected chi connectivity index (χ4v) is 0.423. The molecule has 0 aromatic heterocycles. The van der Waals surface area contributed by atoms with Crippen molar-refractivity contribution in [3.63, 3.8) is 0 Å². The van der Waals surface area contributed by atoms with E-state index in [0.29, 0.717) is 0 Å². The number of nitrogens with two attached hydrogens (primary N) is 1. The molecule has 0 aliphatic carbocycles. The summed E-state index contributed by atoms with van der Waals surface area (Å²) < 4.78 is 35.0. The van der Waals surface area contributed by atoms with Gasteiger partial charge in [0, 0.05) is 6.54 Å². The fraction of sp³-hybridized carbons (Fsp3) is 0.750. The average Bonchev–Trinajstić information content (AvgIpc) is 1.79. The van der Waals surface area contributed by atoms with Crippen molar-refractivity contribution in [2.45, 2.75) is 12.2 Å². The molecule has 0 aliphatic rings. The largest absolute Gasteiger partial charge is 0.465 e. The zero-order valence-corrected chi connectivity index (χ0v) is 5.35. The molecule has 0 rings (SSSR count). The molecule has 11 heavy (non-hydrogen) atoms. The van der Waals surface area contributed by atoms with E-state index in [1.54, 1.807) is 0 Å². The molecule has 66 valence electrons. The predicted molar refractivity (Wildman–Crippen MR) is 30.1 cm³/mol. The second-order valence-corrected chi connectivity index (χ2v) is 1.78. The van der Waals surface area contributed by atoms with E-state index in [9.17, 15) is 18.0 Å². The van der Waals surface area contributed by atoms with E-state index >= 15 is 0 Å². The van der Waals surface area contributed by atoms with Gasteiger partial charge in [0.15, 0.2) is 0 Å². The van der Waals surface area contributed by atoms with E-state index in [4.69, 9.17) is 5.11 Å². The van der Waals surface area contributed by atoms with E-state index in [1.165, 1.54) is 5.32 Å². The summed E-state index contributed by atoms with van der Waals surface area (Å²) in [5.74, 6) is 0. The van der Waals surface area contributed by atoms with Crippen molar-refractivity contribution < 1.29 is 23.1 Å². The van der Waals surface area contributed by atoms with Gasteiger partial charge in [-0.2, -0.15) is 13.2 Å². The smallest absolute Gasteiger partial charge is 0.409 e. The van der Waals surface area contributed by atoms with Crippen molar-refractivity contribution in [1.29, 1.82) is 0 Å². The summed E-state index contributed by atoms with van der Waals surface area (Å²) in [7, 11) is 0. The Kier molecular flexibility index (Phi) is 3.12. The van der Waals surface area contributed by atoms with Gasteiger partial charge >= 0.3 is 12.3 Å². The van der Waals surface area contributed by atoms with Gasteiger partial charge < -0.3 is 16.2 Å². The molecule has 1 amide bonds. The number of carboxylic acid groups (broad SMARTS) is 1. The maximum absolute atomic E-state index is 11.7. The van der Waals surface area contributed by atoms with Crippen LogP contribution in [-0.4, -0.2) is 30.0 Å². The van der Waals surface area contributed by atoms with Crippen molar-refractivity contribution in [2.24, 2.45) is 5.73 Å². The number of carbonyl (C=O) groups is 1. The predicted octanol–water partition coefficient (Wildman–Crippen LogP) is 0.144. The lowest BCUT2D eigenvalue weighted by atomic mass is 10.3. The summed E-state index contributed by atoms with van der Waals surface area (Å²) >= 11 is 0. The van der Waals surface area contributed by atoms with Crippen LogP contribution in [0.1, 0.15) is 0 Å². The third-order valence-electron chi connectivity index (χ3n) is 0.929. The van der Waals surface area contributed by atoms with Crippen LogP contribution < -0.4 is 11.1 Å². The van der Waals surface area contributed by atoms with Crippen LogP contribution in [0.3, 0.4) is 0 Å². The Bertz CT molecular complexity index is 147. The number of rotatable bonds is 2. The lowest BCUT2D eigenvalue weighted by Crippen LogP contribution is -2.49. The van der Waals surface area contributed by atoms with Crippen LogP contribution in [0.15, 0.2) is 0 Å². The van der Waals surface area contributed by atoms with Crippen molar-refractivity contribution in [3.8, 4) is 0 Å². The highest BCUT2D eigenvalue weighted by Crippen LogP contribution is 2.18. The fourth-order valence-electron chi connectivity index (χ4n) is 0.423. The first-order valence-electron chi connectivity index (χ1n) is 2.64. The van der Waals surface area contributed by atoms with Crippen molar-refractivity contribution in [2.75, 3.05) is 6.54 Å². The van der Waals surface area contributed by atoms with Crippen LogP contribution >= 0.6 is 0 Å². The molecule has 0 radical (unpaired) electrons. The van der Waals surface area contributed by atoms with Gasteiger partial charge in [-0.05, 0) is 0 Å². The Hall–Kier alpha value is -0.980. The van der Waals surface area contributed by atoms with Gasteiger partial charge in [0.05, 0.1) is 0 Å². The molecule has 4 N–H and O–H groups in total. The Balaban J connectivity index is 4.07. The van der Waals surface area contributed by atoms with Gasteiger partial charge in [-0.1, -0.05) is 0 Å². The van der Waals surface area contributed by atoms with Gasteiger partial charge in [0.2, 0.25) is 0 Å². The molecule has 1 unspecified atom stereocenters. The molecule has 0 saturated heterocycles. The van der Waals surface area contributed by atoms with E-state index in [-0.39, 0.29) is 0 Å². The monoisotopic (exact) mass is 172 g/mol. The maximum Gasteiger partial charge on any atom is 0.409 e. The van der Waals surface area contributed by atoms with Crippen LogP contribution in [0.4, 0.5) is 18.0 Å². The summed E-state index contributed by atoms with van der Waals surface area (Å²) in [5, 5.41) is 9.15. The molecular weight excluding hydrogens is 165 g/mol. The van der Waals surface area contributed by atoms with Crippen molar-refractivity contribution in [1.82, 2.24) is 5.32 Å². The molecule has 0 saturated carbocycles. The molecule has 0 aromatic rings. The molecule has 0 spiro atoms. The molecule has 0 aromatic carbocycles. The van der Waals surface area contributed by atoms with Gasteiger partial charge in [-0.3, -0.25) is 0 Å². The van der Waals surface area contributed by atoms with Crippen LogP contribution in [-0.2, 0) is 0 Å². The first kappa shape index (κ1) is 10.0. The highest BCUT2D eigenvalue weighted by molar-refractivity contribution is 5.65. The minimum Gasteiger partial charge on any atom is -0.465 e. The summed E-state index contributed by atoms with van der Waals surface area (Å²) in [5.41, 5.74) is 4.66. The second kappa shape index (κ2) is 3.42. The van der Waals surface area contributed by atoms with Crippen LogP contribution in [0, 0.1) is 0 Å². The maximum atomic E-state index is 11.7. The van der Waals surface area contributed by atoms with Gasteiger partial charge in [0.1, 0.15) is 6.04 Å². The number of amides is 1. The summed E-state index contributed by atoms with van der Waals surface area (Å²) in [6, 6.07) is -2.18. The van der Waals surface area contributed by atoms with E-state index in [2.05, 4.69) is 5.73 Å². The SMILES string of the molecule is NCC(NC(=O)O)C(F)(F)F. The molecule has 4 nitrogen and oxygen atoms in total. The van der Waals surface area contributed by atoms with E-state index in [0.717, 1.165) is 0 Å². The van der Waals surface area contributed by atoms with Gasteiger partial charge in [0.25, 0.3) is 0 Å². The quantitative estimate of drug-likeness (QED) is 0.554. The zero-order chi connectivity index (χ0) is 9.07. The van der Waals surface area contributed by atoms with Crippen molar-refractivity contribution >= 4 is 6.09 Å². The highest BCUT2D eigenvalue weighted by atomic mass is 19.4. The van der Waals surface area contributed by atoms with Gasteiger partial charge in [-0.15, -0.1) is 0 Å². The third kappa shape index (κ3) is 3.66. The lowest BCUT2D eigenvalue weighted by molar-refractivity contribution is -0.151. The molecule has 0 fully saturated rings. The average molecular weight is 172 g/mol. The van der Waals surface area contributed by atoms with Crippen LogP contribution in [0.25, 0.3) is 0 Å². The summed E-state index contributed by atoms with van der Waals surface area (Å²) in [6.07, 6.45) is -6.36. The number of nitrogens with one attached hydrogen (secondary N) is 1. The molecule has 0 aliphatic heterocycles. The van der Waals surface area contributed by atoms with Crippen molar-refractivity contribution in [3.05, 3.63) is 0 Å². The molecule has 0 bridgehead atoms. The number of halogens is 3. The number of hydrogen-bond donors (Lipinski definition) is 3. The summed E-state index contributed by atoms with van der Waals surface area (Å²) in [6.45, 7) is -0.796. The van der Waals surface area contributed by atoms with Crippen LogP contribution in [0.5, 0.6) is 0 Å². The molecule has 0 heterocycles. The van der Waals surface area contributed by atoms with Gasteiger partial charge in [-0.25, -0.2) is 4.79 Å². The summed E-state index contributed by atoms with van der Waals surface area (Å²) in [4.78, 5) is 9.75.